The summed E-state index contributed by atoms with van der Waals surface area (Å²) in [6.45, 7) is 4.26. The Morgan fingerprint density at radius 1 is 1.04 bits per heavy atom. The van der Waals surface area contributed by atoms with Gasteiger partial charge in [0.1, 0.15) is 18.0 Å². The van der Waals surface area contributed by atoms with Crippen LogP contribution < -0.4 is 5.32 Å². The highest BCUT2D eigenvalue weighted by atomic mass is 19.4. The number of aldehydes is 1. The molecule has 15 heteroatoms. The lowest BCUT2D eigenvalue weighted by molar-refractivity contribution is -0.137. The summed E-state index contributed by atoms with van der Waals surface area (Å²) in [5.74, 6) is -5.83. The highest BCUT2D eigenvalue weighted by molar-refractivity contribution is 6.11. The van der Waals surface area contributed by atoms with Crippen LogP contribution in [0.5, 0.6) is 0 Å². The molecule has 0 spiro atoms. The molecular formula is C33H28F6N4O5. The number of amides is 1. The molecule has 0 saturated heterocycles. The average Bonchev–Trinajstić information content (AvgIpc) is 3.54. The van der Waals surface area contributed by atoms with Gasteiger partial charge in [0, 0.05) is 54.7 Å². The van der Waals surface area contributed by atoms with E-state index in [9.17, 15) is 40.7 Å². The monoisotopic (exact) mass is 674 g/mol. The molecule has 2 aromatic carbocycles. The molecule has 5 aromatic rings. The second-order valence-corrected chi connectivity index (χ2v) is 11.8. The number of alkyl halides is 3. The molecule has 3 aromatic heterocycles. The number of rotatable bonds is 8. The number of methoxy groups -OCH3 is 1. The predicted molar refractivity (Wildman–Crippen MR) is 161 cm³/mol. The molecular weight excluding hydrogens is 646 g/mol. The van der Waals surface area contributed by atoms with Crippen LogP contribution in [-0.2, 0) is 35.8 Å². The predicted octanol–water partition coefficient (Wildman–Crippen LogP) is 7.14. The zero-order valence-corrected chi connectivity index (χ0v) is 26.2. The summed E-state index contributed by atoms with van der Waals surface area (Å²) >= 11 is 0. The van der Waals surface area contributed by atoms with Crippen molar-refractivity contribution >= 4 is 34.7 Å². The number of benzene rings is 2. The van der Waals surface area contributed by atoms with Crippen molar-refractivity contribution in [3.05, 3.63) is 93.8 Å². The minimum absolute atomic E-state index is 0.0551. The normalized spacial score (nSPS) is 12.1. The van der Waals surface area contributed by atoms with Crippen LogP contribution in [-0.4, -0.2) is 44.8 Å². The van der Waals surface area contributed by atoms with Gasteiger partial charge in [0.25, 0.3) is 0 Å². The van der Waals surface area contributed by atoms with Gasteiger partial charge in [-0.05, 0) is 51.1 Å². The van der Waals surface area contributed by atoms with E-state index in [1.165, 1.54) is 37.1 Å². The third-order valence-corrected chi connectivity index (χ3v) is 7.45. The molecule has 0 atom stereocenters. The maximum Gasteiger partial charge on any atom is 0.417 e. The lowest BCUT2D eigenvalue weighted by Gasteiger charge is -2.22. The highest BCUT2D eigenvalue weighted by Crippen LogP contribution is 2.44. The molecule has 0 radical (unpaired) electrons. The summed E-state index contributed by atoms with van der Waals surface area (Å²) in [7, 11) is 2.89. The molecule has 0 aliphatic carbocycles. The Balaban J connectivity index is 1.83. The molecule has 0 fully saturated rings. The van der Waals surface area contributed by atoms with E-state index in [-0.39, 0.29) is 51.4 Å². The fraction of sp³-hybridized carbons (Fsp3) is 0.273. The summed E-state index contributed by atoms with van der Waals surface area (Å²) in [6.07, 6.45) is -4.33. The van der Waals surface area contributed by atoms with Crippen LogP contribution in [0.4, 0.5) is 31.1 Å². The van der Waals surface area contributed by atoms with Crippen molar-refractivity contribution in [3.63, 3.8) is 0 Å². The third kappa shape index (κ3) is 6.24. The molecule has 3 heterocycles. The first-order valence-corrected chi connectivity index (χ1v) is 14.3. The molecule has 252 valence electrons. The Morgan fingerprint density at radius 3 is 2.29 bits per heavy atom. The van der Waals surface area contributed by atoms with Gasteiger partial charge in [-0.1, -0.05) is 6.07 Å². The second kappa shape index (κ2) is 12.4. The Labute approximate surface area is 269 Å². The van der Waals surface area contributed by atoms with Crippen molar-refractivity contribution in [2.45, 2.75) is 45.7 Å². The smallest absolute Gasteiger partial charge is 0.417 e. The fourth-order valence-electron chi connectivity index (χ4n) is 5.46. The van der Waals surface area contributed by atoms with Gasteiger partial charge in [0.15, 0.2) is 23.7 Å². The maximum absolute atomic E-state index is 15.0. The van der Waals surface area contributed by atoms with Gasteiger partial charge in [-0.2, -0.15) is 13.2 Å². The van der Waals surface area contributed by atoms with Crippen molar-refractivity contribution < 1.29 is 50.2 Å². The summed E-state index contributed by atoms with van der Waals surface area (Å²) in [5.41, 5.74) is -4.01. The Morgan fingerprint density at radius 2 is 1.71 bits per heavy atom. The Bertz CT molecular complexity index is 2090. The first-order chi connectivity index (χ1) is 22.5. The van der Waals surface area contributed by atoms with E-state index in [1.54, 1.807) is 20.8 Å². The number of fused-ring (bicyclic) bond motifs is 2. The average molecular weight is 675 g/mol. The van der Waals surface area contributed by atoms with Crippen molar-refractivity contribution in [3.8, 4) is 11.1 Å². The largest absolute Gasteiger partial charge is 0.444 e. The van der Waals surface area contributed by atoms with Crippen LogP contribution in [0.25, 0.3) is 27.7 Å². The Hall–Kier alpha value is -5.18. The van der Waals surface area contributed by atoms with Crippen LogP contribution in [0.1, 0.15) is 64.1 Å². The van der Waals surface area contributed by atoms with Gasteiger partial charge >= 0.3 is 12.3 Å². The molecule has 0 aliphatic heterocycles. The quantitative estimate of drug-likeness (QED) is 0.0812. The van der Waals surface area contributed by atoms with Gasteiger partial charge in [0.05, 0.1) is 27.8 Å². The number of ether oxygens (including phenoxy) is 2. The van der Waals surface area contributed by atoms with E-state index in [2.05, 4.69) is 10.3 Å². The molecule has 0 aliphatic rings. The number of hydrogen-bond acceptors (Lipinski definition) is 6. The molecule has 9 nitrogen and oxygen atoms in total. The van der Waals surface area contributed by atoms with Crippen LogP contribution >= 0.6 is 0 Å². The van der Waals surface area contributed by atoms with E-state index in [0.717, 1.165) is 16.5 Å². The minimum Gasteiger partial charge on any atom is -0.444 e. The summed E-state index contributed by atoms with van der Waals surface area (Å²) in [4.78, 5) is 43.0. The number of ketones is 1. The number of pyridine rings is 1. The molecule has 1 amide bonds. The van der Waals surface area contributed by atoms with Crippen LogP contribution in [0.15, 0.2) is 42.6 Å². The van der Waals surface area contributed by atoms with Crippen LogP contribution in [0.3, 0.4) is 0 Å². The van der Waals surface area contributed by atoms with E-state index in [0.29, 0.717) is 18.4 Å². The van der Waals surface area contributed by atoms with Crippen molar-refractivity contribution in [2.24, 2.45) is 7.05 Å². The zero-order valence-electron chi connectivity index (χ0n) is 26.2. The number of carbonyl (C=O) groups excluding carboxylic acids is 3. The third-order valence-electron chi connectivity index (χ3n) is 7.45. The first-order valence-electron chi connectivity index (χ1n) is 14.3. The van der Waals surface area contributed by atoms with Gasteiger partial charge in [-0.3, -0.25) is 9.59 Å². The number of aryl methyl sites for hydroxylation is 1. The minimum atomic E-state index is -4.99. The number of aromatic nitrogens is 3. The van der Waals surface area contributed by atoms with Crippen molar-refractivity contribution in [2.75, 3.05) is 7.11 Å². The standard InChI is InChI=1S/C33H28F6N4O5/c1-32(2,3)48-31(46)40-13-19-26(20(33(37,38)39)12-23-28(19)41-25(15-47-5)42(23)4)18-7-6-8-43-24(11-17(14-44)29(18)43)30(45)16-9-21(34)27(36)22(35)10-16/h6-12,14H,13,15H2,1-5H3,(H,40,46). The zero-order chi connectivity index (χ0) is 35.3. The van der Waals surface area contributed by atoms with Crippen molar-refractivity contribution in [1.82, 2.24) is 19.3 Å². The lowest BCUT2D eigenvalue weighted by atomic mass is 9.91. The van der Waals surface area contributed by atoms with Gasteiger partial charge in [-0.25, -0.2) is 22.9 Å². The number of imidazole rings is 1. The van der Waals surface area contributed by atoms with E-state index in [4.69, 9.17) is 9.47 Å². The molecule has 1 N–H and O–H groups in total. The fourth-order valence-corrected chi connectivity index (χ4v) is 5.46. The number of alkyl carbamates (subject to hydrolysis) is 1. The van der Waals surface area contributed by atoms with Gasteiger partial charge in [-0.15, -0.1) is 0 Å². The first kappa shape index (κ1) is 34.2. The van der Waals surface area contributed by atoms with Crippen LogP contribution in [0, 0.1) is 17.5 Å². The second-order valence-electron chi connectivity index (χ2n) is 11.8. The number of carbonyl (C=O) groups is 3. The van der Waals surface area contributed by atoms with Crippen LogP contribution in [0.2, 0.25) is 0 Å². The molecule has 48 heavy (non-hydrogen) atoms. The summed E-state index contributed by atoms with van der Waals surface area (Å²) < 4.78 is 99.7. The van der Waals surface area contributed by atoms with Gasteiger partial charge in [0.2, 0.25) is 5.78 Å². The van der Waals surface area contributed by atoms with E-state index >= 15 is 0 Å². The SMILES string of the molecule is COCc1nc2c(CNC(=O)OC(C)(C)C)c(-c3cccn4c(C(=O)c5cc(F)c(F)c(F)c5)cc(C=O)c34)c(C(F)(F)F)cc2n1C. The molecule has 0 unspecified atom stereocenters. The van der Waals surface area contributed by atoms with Crippen molar-refractivity contribution in [1.29, 1.82) is 0 Å². The van der Waals surface area contributed by atoms with Gasteiger partial charge < -0.3 is 23.8 Å². The lowest BCUT2D eigenvalue weighted by Crippen LogP contribution is -2.32. The Kier molecular flexibility index (Phi) is 8.86. The number of nitrogens with zero attached hydrogens (tertiary/aromatic N) is 3. The molecule has 5 rings (SSSR count). The maximum atomic E-state index is 15.0. The highest BCUT2D eigenvalue weighted by Gasteiger charge is 2.38. The molecule has 0 bridgehead atoms. The number of nitrogens with one attached hydrogen (secondary N) is 1. The van der Waals surface area contributed by atoms with E-state index in [1.807, 2.05) is 0 Å². The summed E-state index contributed by atoms with van der Waals surface area (Å²) in [6, 6.07) is 5.48. The number of halogens is 6. The molecule has 0 saturated carbocycles. The summed E-state index contributed by atoms with van der Waals surface area (Å²) in [5, 5.41) is 2.49. The number of hydrogen-bond donors (Lipinski definition) is 1. The topological polar surface area (TPSA) is 104 Å². The van der Waals surface area contributed by atoms with E-state index < -0.39 is 64.3 Å².